The lowest BCUT2D eigenvalue weighted by molar-refractivity contribution is -0.152. The second-order valence-corrected chi connectivity index (χ2v) is 7.16. The zero-order valence-electron chi connectivity index (χ0n) is 15.7. The first-order valence-corrected chi connectivity index (χ1v) is 8.66. The molecule has 2 aliphatic rings. The maximum absolute atomic E-state index is 12.1. The van der Waals surface area contributed by atoms with Gasteiger partial charge in [0.05, 0.1) is 5.57 Å². The Morgan fingerprint density at radius 3 is 2.73 bits per heavy atom. The lowest BCUT2D eigenvalue weighted by atomic mass is 9.72. The molecule has 0 aromatic heterocycles. The van der Waals surface area contributed by atoms with Gasteiger partial charge in [0.25, 0.3) is 6.29 Å². The van der Waals surface area contributed by atoms with Crippen molar-refractivity contribution < 1.29 is 28.9 Å². The van der Waals surface area contributed by atoms with Crippen molar-refractivity contribution in [2.24, 2.45) is 5.41 Å². The van der Waals surface area contributed by atoms with Gasteiger partial charge in [-0.25, -0.2) is 9.59 Å². The monoisotopic (exact) mass is 362 g/mol. The number of hydrogen-bond acceptors (Lipinski definition) is 6. The number of esters is 2. The minimum absolute atomic E-state index is 0.0204. The first kappa shape index (κ1) is 20.0. The number of carbonyl (C=O) groups excluding carboxylic acids is 2. The van der Waals surface area contributed by atoms with Gasteiger partial charge in [-0.15, -0.1) is 0 Å². The van der Waals surface area contributed by atoms with Crippen molar-refractivity contribution in [2.45, 2.75) is 53.2 Å². The summed E-state index contributed by atoms with van der Waals surface area (Å²) in [7, 11) is 0. The van der Waals surface area contributed by atoms with Gasteiger partial charge in [-0.3, -0.25) is 0 Å². The Balaban J connectivity index is 2.21. The van der Waals surface area contributed by atoms with E-state index in [4.69, 9.17) is 14.6 Å². The van der Waals surface area contributed by atoms with Gasteiger partial charge in [0.1, 0.15) is 6.26 Å². The quantitative estimate of drug-likeness (QED) is 0.257. The molecule has 1 atom stereocenters. The minimum atomic E-state index is -0.875. The van der Waals surface area contributed by atoms with E-state index in [9.17, 15) is 9.59 Å². The fourth-order valence-corrected chi connectivity index (χ4v) is 3.19. The summed E-state index contributed by atoms with van der Waals surface area (Å²) in [6, 6.07) is 0. The van der Waals surface area contributed by atoms with Crippen LogP contribution in [0.3, 0.4) is 0 Å². The van der Waals surface area contributed by atoms with E-state index < -0.39 is 25.0 Å². The van der Waals surface area contributed by atoms with Crippen molar-refractivity contribution in [3.8, 4) is 0 Å². The summed E-state index contributed by atoms with van der Waals surface area (Å²) in [5, 5.41) is 8.85. The third-order valence-corrected chi connectivity index (χ3v) is 4.66. The number of allylic oxidation sites excluding steroid dienone is 3. The molecule has 0 amide bonds. The molecule has 1 heterocycles. The Morgan fingerprint density at radius 1 is 1.42 bits per heavy atom. The van der Waals surface area contributed by atoms with Gasteiger partial charge in [-0.2, -0.15) is 0 Å². The second-order valence-electron chi connectivity index (χ2n) is 7.16. The zero-order chi connectivity index (χ0) is 19.3. The van der Waals surface area contributed by atoms with E-state index in [-0.39, 0.29) is 11.0 Å². The van der Waals surface area contributed by atoms with Crippen molar-refractivity contribution in [1.82, 2.24) is 0 Å². The molecule has 0 saturated carbocycles. The Hall–Kier alpha value is -2.34. The summed E-state index contributed by atoms with van der Waals surface area (Å²) in [4.78, 5) is 23.4. The Bertz CT molecular complexity index is 693. The highest BCUT2D eigenvalue weighted by Crippen LogP contribution is 2.40. The van der Waals surface area contributed by atoms with Crippen molar-refractivity contribution in [3.63, 3.8) is 0 Å². The fourth-order valence-electron chi connectivity index (χ4n) is 3.19. The maximum atomic E-state index is 12.1. The highest BCUT2D eigenvalue weighted by atomic mass is 16.7. The molecule has 142 valence electrons. The predicted molar refractivity (Wildman–Crippen MR) is 95.5 cm³/mol. The lowest BCUT2D eigenvalue weighted by Crippen LogP contribution is -2.19. The van der Waals surface area contributed by atoms with Crippen LogP contribution in [0, 0.1) is 5.41 Å². The summed E-state index contributed by atoms with van der Waals surface area (Å²) < 4.78 is 15.0. The molecule has 0 spiro atoms. The van der Waals surface area contributed by atoms with E-state index in [1.807, 2.05) is 6.08 Å². The minimum Gasteiger partial charge on any atom is -0.458 e. The first-order chi connectivity index (χ1) is 12.2. The van der Waals surface area contributed by atoms with E-state index in [1.54, 1.807) is 13.0 Å². The third-order valence-electron chi connectivity index (χ3n) is 4.66. The average Bonchev–Trinajstić information content (AvgIpc) is 2.87. The summed E-state index contributed by atoms with van der Waals surface area (Å²) in [6.45, 7) is 7.34. The van der Waals surface area contributed by atoms with Crippen LogP contribution in [0.1, 0.15) is 47.0 Å². The number of ether oxygens (including phenoxy) is 3. The van der Waals surface area contributed by atoms with E-state index in [2.05, 4.69) is 25.5 Å². The average molecular weight is 362 g/mol. The van der Waals surface area contributed by atoms with Crippen molar-refractivity contribution in [3.05, 3.63) is 46.8 Å². The molecule has 1 aliphatic carbocycles. The number of rotatable bonds is 6. The highest BCUT2D eigenvalue weighted by molar-refractivity contribution is 5.91. The number of aliphatic hydroxyl groups is 1. The SMILES string of the molecule is CC1=CC(O/C=C(\C=C\C2=C(C)CCCC2(C)C)C(=O)OCO)OC1=O. The number of hydrogen-bond donors (Lipinski definition) is 1. The Morgan fingerprint density at radius 2 is 2.15 bits per heavy atom. The fraction of sp³-hybridized carbons (Fsp3) is 0.500. The van der Waals surface area contributed by atoms with Crippen LogP contribution >= 0.6 is 0 Å². The Kier molecular flexibility index (Phi) is 6.42. The molecule has 0 fully saturated rings. The topological polar surface area (TPSA) is 82.1 Å². The second kappa shape index (κ2) is 8.36. The van der Waals surface area contributed by atoms with Crippen LogP contribution in [-0.4, -0.2) is 30.1 Å². The van der Waals surface area contributed by atoms with Crippen molar-refractivity contribution in [1.29, 1.82) is 0 Å². The Labute approximate surface area is 153 Å². The number of carbonyl (C=O) groups is 2. The van der Waals surface area contributed by atoms with Crippen LogP contribution < -0.4 is 0 Å². The molecule has 0 bridgehead atoms. The summed E-state index contributed by atoms with van der Waals surface area (Å²) in [5.41, 5.74) is 3.05. The molecular formula is C20H26O6. The third kappa shape index (κ3) is 4.85. The van der Waals surface area contributed by atoms with Crippen LogP contribution in [0.25, 0.3) is 0 Å². The zero-order valence-corrected chi connectivity index (χ0v) is 15.7. The maximum Gasteiger partial charge on any atom is 0.343 e. The van der Waals surface area contributed by atoms with Gasteiger partial charge in [0.2, 0.25) is 0 Å². The van der Waals surface area contributed by atoms with E-state index in [0.29, 0.717) is 5.57 Å². The van der Waals surface area contributed by atoms with Gasteiger partial charge in [-0.1, -0.05) is 25.5 Å². The molecule has 6 nitrogen and oxygen atoms in total. The van der Waals surface area contributed by atoms with Crippen LogP contribution in [-0.2, 0) is 23.8 Å². The van der Waals surface area contributed by atoms with Gasteiger partial charge < -0.3 is 19.3 Å². The van der Waals surface area contributed by atoms with Crippen LogP contribution in [0.5, 0.6) is 0 Å². The molecule has 0 radical (unpaired) electrons. The first-order valence-electron chi connectivity index (χ1n) is 8.66. The molecule has 6 heteroatoms. The van der Waals surface area contributed by atoms with Crippen LogP contribution in [0.4, 0.5) is 0 Å². The van der Waals surface area contributed by atoms with Gasteiger partial charge in [0, 0.05) is 11.6 Å². The van der Waals surface area contributed by atoms with Crippen LogP contribution in [0.2, 0.25) is 0 Å². The normalized spacial score (nSPS) is 23.1. The largest absolute Gasteiger partial charge is 0.458 e. The molecular weight excluding hydrogens is 336 g/mol. The van der Waals surface area contributed by atoms with Gasteiger partial charge >= 0.3 is 11.9 Å². The van der Waals surface area contributed by atoms with Crippen LogP contribution in [0.15, 0.2) is 46.8 Å². The molecule has 26 heavy (non-hydrogen) atoms. The summed E-state index contributed by atoms with van der Waals surface area (Å²) in [6.07, 6.45) is 8.58. The molecule has 1 unspecified atom stereocenters. The smallest absolute Gasteiger partial charge is 0.343 e. The molecule has 0 saturated heterocycles. The molecule has 2 rings (SSSR count). The summed E-state index contributed by atoms with van der Waals surface area (Å²) >= 11 is 0. The summed E-state index contributed by atoms with van der Waals surface area (Å²) in [5.74, 6) is -1.18. The molecule has 0 aromatic rings. The van der Waals surface area contributed by atoms with E-state index >= 15 is 0 Å². The number of aliphatic hydroxyl groups excluding tert-OH is 1. The molecule has 1 N–H and O–H groups in total. The standard InChI is InChI=1S/C20H26O6/c1-13-6-5-9-20(3,4)16(13)8-7-15(19(23)25-12-21)11-24-17-10-14(2)18(22)26-17/h7-8,10-11,17,21H,5-6,9,12H2,1-4H3/b8-7+,15-11+. The van der Waals surface area contributed by atoms with E-state index in [1.165, 1.54) is 23.5 Å². The van der Waals surface area contributed by atoms with Gasteiger partial charge in [0.15, 0.2) is 6.79 Å². The van der Waals surface area contributed by atoms with Gasteiger partial charge in [-0.05, 0) is 50.2 Å². The lowest BCUT2D eigenvalue weighted by Gasteiger charge is -2.32. The molecule has 1 aliphatic heterocycles. The molecule has 0 aromatic carbocycles. The number of cyclic esters (lactones) is 1. The van der Waals surface area contributed by atoms with E-state index in [0.717, 1.165) is 19.3 Å². The van der Waals surface area contributed by atoms with Crippen molar-refractivity contribution >= 4 is 11.9 Å². The predicted octanol–water partition coefficient (Wildman–Crippen LogP) is 3.29. The highest BCUT2D eigenvalue weighted by Gasteiger charge is 2.27. The van der Waals surface area contributed by atoms with Crippen molar-refractivity contribution in [2.75, 3.05) is 6.79 Å².